The van der Waals surface area contributed by atoms with Gasteiger partial charge < -0.3 is 21.5 Å². The van der Waals surface area contributed by atoms with Gasteiger partial charge in [-0.1, -0.05) is 25.0 Å². The minimum absolute atomic E-state index is 0.0770. The summed E-state index contributed by atoms with van der Waals surface area (Å²) >= 11 is 0. The number of carbonyl (C=O) groups is 6. The van der Waals surface area contributed by atoms with Gasteiger partial charge in [-0.2, -0.15) is 10.2 Å². The van der Waals surface area contributed by atoms with Crippen molar-refractivity contribution in [3.05, 3.63) is 66.2 Å². The Morgan fingerprint density at radius 1 is 0.833 bits per heavy atom. The van der Waals surface area contributed by atoms with Crippen molar-refractivity contribution < 1.29 is 33.9 Å². The summed E-state index contributed by atoms with van der Waals surface area (Å²) < 4.78 is 0. The molecule has 1 aliphatic heterocycles. The molecule has 1 heterocycles. The normalized spacial score (nSPS) is 13.4. The summed E-state index contributed by atoms with van der Waals surface area (Å²) in [6.45, 7) is -0.455. The van der Waals surface area contributed by atoms with Gasteiger partial charge in [0.05, 0.1) is 17.9 Å². The number of rotatable bonds is 16. The lowest BCUT2D eigenvalue weighted by Gasteiger charge is -2.13. The Morgan fingerprint density at radius 2 is 1.43 bits per heavy atom. The number of nitrogens with one attached hydrogen (secondary N) is 2. The van der Waals surface area contributed by atoms with E-state index in [1.165, 1.54) is 0 Å². The molecular weight excluding hydrogens is 544 g/mol. The number of imide groups is 1. The van der Waals surface area contributed by atoms with E-state index in [2.05, 4.69) is 20.9 Å². The number of aliphatic carboxylic acids is 1. The van der Waals surface area contributed by atoms with Crippen LogP contribution in [0.4, 0.5) is 17.1 Å². The molecule has 3 rings (SSSR count). The summed E-state index contributed by atoms with van der Waals surface area (Å²) in [5.41, 5.74) is 7.76. The molecule has 0 fully saturated rings. The topological polar surface area (TPSA) is 201 Å². The quantitative estimate of drug-likeness (QED) is 0.133. The second-order valence-corrected chi connectivity index (χ2v) is 9.59. The average molecular weight is 577 g/mol. The number of carbonyl (C=O) groups excluding carboxylic acids is 5. The first-order chi connectivity index (χ1) is 20.1. The molecule has 13 nitrogen and oxygen atoms in total. The first kappa shape index (κ1) is 31.5. The van der Waals surface area contributed by atoms with Crippen LogP contribution in [0.15, 0.2) is 70.9 Å². The number of carboxylic acid groups (broad SMARTS) is 1. The number of ketones is 1. The van der Waals surface area contributed by atoms with Gasteiger partial charge >= 0.3 is 5.97 Å². The molecule has 0 bridgehead atoms. The van der Waals surface area contributed by atoms with Crippen LogP contribution in [0, 0.1) is 0 Å². The number of azo groups is 1. The van der Waals surface area contributed by atoms with Crippen LogP contribution < -0.4 is 16.4 Å². The molecule has 4 amide bonds. The fraction of sp³-hybridized carbons (Fsp3) is 0.310. The molecule has 220 valence electrons. The molecule has 2 aromatic rings. The monoisotopic (exact) mass is 576 g/mol. The van der Waals surface area contributed by atoms with E-state index in [9.17, 15) is 28.8 Å². The first-order valence-electron chi connectivity index (χ1n) is 13.3. The number of hydrogen-bond acceptors (Lipinski definition) is 9. The van der Waals surface area contributed by atoms with Crippen molar-refractivity contribution in [3.8, 4) is 0 Å². The minimum Gasteiger partial charge on any atom is -0.480 e. The minimum atomic E-state index is -1.04. The molecule has 0 radical (unpaired) electrons. The SMILES string of the molecule is N[C@@H](CCCCCC(=O)NCC(=O)Cc1ccc(N=Nc2ccc(NC(=O)CN3C(=O)C=CC3=O)cc2)cc1)C(=O)O. The number of hydrogen-bond donors (Lipinski definition) is 4. The lowest BCUT2D eigenvalue weighted by Crippen LogP contribution is -2.37. The zero-order valence-electron chi connectivity index (χ0n) is 22.8. The molecule has 1 aliphatic rings. The first-order valence-corrected chi connectivity index (χ1v) is 13.3. The number of benzene rings is 2. The van der Waals surface area contributed by atoms with Crippen molar-refractivity contribution in [2.45, 2.75) is 44.6 Å². The highest BCUT2D eigenvalue weighted by molar-refractivity contribution is 6.15. The van der Waals surface area contributed by atoms with Crippen LogP contribution in [-0.4, -0.2) is 64.5 Å². The zero-order valence-corrected chi connectivity index (χ0v) is 22.8. The Morgan fingerprint density at radius 3 is 2.02 bits per heavy atom. The van der Waals surface area contributed by atoms with E-state index in [0.717, 1.165) is 22.6 Å². The molecule has 5 N–H and O–H groups in total. The summed E-state index contributed by atoms with van der Waals surface area (Å²) in [6, 6.07) is 12.6. The van der Waals surface area contributed by atoms with Gasteiger partial charge in [-0.3, -0.25) is 33.7 Å². The molecule has 1 atom stereocenters. The van der Waals surface area contributed by atoms with E-state index >= 15 is 0 Å². The third kappa shape index (κ3) is 10.5. The van der Waals surface area contributed by atoms with Gasteiger partial charge in [-0.05, 0) is 54.8 Å². The van der Waals surface area contributed by atoms with Gasteiger partial charge in [0.15, 0.2) is 5.78 Å². The van der Waals surface area contributed by atoms with Crippen molar-refractivity contribution in [1.82, 2.24) is 10.2 Å². The molecule has 0 aromatic heterocycles. The third-order valence-corrected chi connectivity index (χ3v) is 6.19. The zero-order chi connectivity index (χ0) is 30.5. The molecule has 42 heavy (non-hydrogen) atoms. The van der Waals surface area contributed by atoms with Gasteiger partial charge in [0, 0.05) is 30.7 Å². The summed E-state index contributed by atoms with van der Waals surface area (Å²) in [4.78, 5) is 71.0. The smallest absolute Gasteiger partial charge is 0.320 e. The lowest BCUT2D eigenvalue weighted by molar-refractivity contribution is -0.140. The highest BCUT2D eigenvalue weighted by Gasteiger charge is 2.25. The van der Waals surface area contributed by atoms with Crippen molar-refractivity contribution in [3.63, 3.8) is 0 Å². The summed E-state index contributed by atoms with van der Waals surface area (Å²) in [7, 11) is 0. The maximum atomic E-state index is 12.2. The number of nitrogens with two attached hydrogens (primary N) is 1. The van der Waals surface area contributed by atoms with Crippen LogP contribution in [-0.2, 0) is 35.2 Å². The van der Waals surface area contributed by atoms with Crippen LogP contribution in [0.3, 0.4) is 0 Å². The van der Waals surface area contributed by atoms with Crippen molar-refractivity contribution in [2.24, 2.45) is 16.0 Å². The van der Waals surface area contributed by atoms with Crippen molar-refractivity contribution >= 4 is 52.4 Å². The third-order valence-electron chi connectivity index (χ3n) is 6.19. The average Bonchev–Trinajstić information content (AvgIpc) is 3.28. The number of anilines is 1. The lowest BCUT2D eigenvalue weighted by atomic mass is 10.1. The van der Waals surface area contributed by atoms with Crippen LogP contribution >= 0.6 is 0 Å². The van der Waals surface area contributed by atoms with Crippen LogP contribution in [0.5, 0.6) is 0 Å². The van der Waals surface area contributed by atoms with E-state index in [0.29, 0.717) is 42.7 Å². The van der Waals surface area contributed by atoms with E-state index < -0.39 is 29.7 Å². The Hall–Kier alpha value is -5.04. The largest absolute Gasteiger partial charge is 0.480 e. The molecule has 0 saturated heterocycles. The van der Waals surface area contributed by atoms with Crippen LogP contribution in [0.1, 0.15) is 37.7 Å². The molecule has 0 saturated carbocycles. The number of carboxylic acids is 1. The molecule has 0 aliphatic carbocycles. The van der Waals surface area contributed by atoms with E-state index in [1.54, 1.807) is 48.5 Å². The molecule has 0 unspecified atom stereocenters. The Kier molecular flexibility index (Phi) is 11.7. The van der Waals surface area contributed by atoms with Gasteiger partial charge in [-0.25, -0.2) is 0 Å². The number of nitrogens with zero attached hydrogens (tertiary/aromatic N) is 3. The van der Waals surface area contributed by atoms with Gasteiger partial charge in [-0.15, -0.1) is 0 Å². The predicted molar refractivity (Wildman–Crippen MR) is 152 cm³/mol. The fourth-order valence-electron chi connectivity index (χ4n) is 3.86. The second kappa shape index (κ2) is 15.7. The molecule has 2 aromatic carbocycles. The Balaban J connectivity index is 1.35. The highest BCUT2D eigenvalue weighted by atomic mass is 16.4. The van der Waals surface area contributed by atoms with E-state index in [1.807, 2.05) is 0 Å². The number of unbranched alkanes of at least 4 members (excludes halogenated alkanes) is 2. The second-order valence-electron chi connectivity index (χ2n) is 9.59. The van der Waals surface area contributed by atoms with E-state index in [-0.39, 0.29) is 37.6 Å². The van der Waals surface area contributed by atoms with Crippen LogP contribution in [0.2, 0.25) is 0 Å². The summed E-state index contributed by atoms with van der Waals surface area (Å²) in [6.07, 6.45) is 4.88. The Bertz CT molecular complexity index is 1350. The highest BCUT2D eigenvalue weighted by Crippen LogP contribution is 2.21. The fourth-order valence-corrected chi connectivity index (χ4v) is 3.86. The molecule has 0 spiro atoms. The van der Waals surface area contributed by atoms with Gasteiger partial charge in [0.25, 0.3) is 11.8 Å². The Labute approximate surface area is 241 Å². The summed E-state index contributed by atoms with van der Waals surface area (Å²) in [5, 5.41) is 22.3. The van der Waals surface area contributed by atoms with Crippen molar-refractivity contribution in [2.75, 3.05) is 18.4 Å². The maximum Gasteiger partial charge on any atom is 0.320 e. The standard InChI is InChI=1S/C29H32N6O7/c30-24(29(41)42)4-2-1-3-5-25(37)31-17-23(36)16-19-6-8-21(9-7-19)33-34-22-12-10-20(11-13-22)32-26(38)18-35-27(39)14-15-28(35)40/h6-15,24H,1-5,16-18,30H2,(H,31,37)(H,32,38)(H,41,42)/t24-/m0/s1. The predicted octanol–water partition coefficient (Wildman–Crippen LogP) is 2.56. The van der Waals surface area contributed by atoms with E-state index in [4.69, 9.17) is 10.8 Å². The van der Waals surface area contributed by atoms with Gasteiger partial charge in [0.1, 0.15) is 12.6 Å². The van der Waals surface area contributed by atoms with Crippen molar-refractivity contribution in [1.29, 1.82) is 0 Å². The molecule has 13 heteroatoms. The van der Waals surface area contributed by atoms with Crippen LogP contribution in [0.25, 0.3) is 0 Å². The maximum absolute atomic E-state index is 12.2. The number of Topliss-reactive ketones (excluding diaryl/α,β-unsaturated/α-hetero) is 1. The summed E-state index contributed by atoms with van der Waals surface area (Å²) in [5.74, 6) is -2.99. The molecular formula is C29H32N6O7. The number of amides is 4. The van der Waals surface area contributed by atoms with Gasteiger partial charge in [0.2, 0.25) is 11.8 Å².